The zero-order chi connectivity index (χ0) is 17.4. The van der Waals surface area contributed by atoms with E-state index in [-0.39, 0.29) is 41.7 Å². The van der Waals surface area contributed by atoms with Crippen molar-refractivity contribution in [1.29, 1.82) is 0 Å². The number of carbonyl (C=O) groups excluding carboxylic acids is 1. The molecule has 0 N–H and O–H groups in total. The van der Waals surface area contributed by atoms with Gasteiger partial charge in [-0.2, -0.15) is 4.31 Å². The second-order valence-electron chi connectivity index (χ2n) is 6.31. The number of hydrogen-bond acceptors (Lipinski definition) is 5. The Morgan fingerprint density at radius 3 is 2.39 bits per heavy atom. The molecule has 9 heteroatoms. The molecule has 1 fully saturated rings. The largest absolute Gasteiger partial charge is 0.335 e. The summed E-state index contributed by atoms with van der Waals surface area (Å²) in [6.07, 6.45) is 0. The first kappa shape index (κ1) is 17.4. The number of amides is 1. The third kappa shape index (κ3) is 3.50. The first-order chi connectivity index (χ1) is 10.5. The van der Waals surface area contributed by atoms with E-state index in [4.69, 9.17) is 0 Å². The number of benzene rings is 1. The van der Waals surface area contributed by atoms with Crippen molar-refractivity contribution in [3.63, 3.8) is 0 Å². The van der Waals surface area contributed by atoms with Crippen LogP contribution in [0.5, 0.6) is 0 Å². The molecule has 23 heavy (non-hydrogen) atoms. The zero-order valence-electron chi connectivity index (χ0n) is 13.2. The topological polar surface area (TPSA) is 101 Å². The zero-order valence-corrected chi connectivity index (χ0v) is 14.0. The van der Waals surface area contributed by atoms with Gasteiger partial charge in [0.2, 0.25) is 15.9 Å². The van der Waals surface area contributed by atoms with E-state index >= 15 is 0 Å². The van der Waals surface area contributed by atoms with Gasteiger partial charge in [0.15, 0.2) is 0 Å². The highest BCUT2D eigenvalue weighted by Gasteiger charge is 2.37. The molecule has 0 unspecified atom stereocenters. The maximum atomic E-state index is 12.6. The second-order valence-corrected chi connectivity index (χ2v) is 8.25. The molecule has 8 nitrogen and oxygen atoms in total. The van der Waals surface area contributed by atoms with Crippen LogP contribution in [-0.2, 0) is 14.8 Å². The first-order valence-corrected chi connectivity index (χ1v) is 8.52. The minimum absolute atomic E-state index is 0.161. The standard InChI is InChI=1S/C14H19N3O5S/c1-14(2,3)16-8-7-15(10-13(16)18)23(21,22)12-6-4-5-11(9-12)17(19)20/h4-6,9H,7-8,10H2,1-3H3. The number of rotatable bonds is 3. The fourth-order valence-corrected chi connectivity index (χ4v) is 3.89. The van der Waals surface area contributed by atoms with Crippen LogP contribution < -0.4 is 0 Å². The normalized spacial score (nSPS) is 17.3. The van der Waals surface area contributed by atoms with Crippen LogP contribution in [0.1, 0.15) is 20.8 Å². The summed E-state index contributed by atoms with van der Waals surface area (Å²) in [5.74, 6) is -0.280. The van der Waals surface area contributed by atoms with Crippen molar-refractivity contribution in [2.75, 3.05) is 19.6 Å². The van der Waals surface area contributed by atoms with Gasteiger partial charge in [-0.05, 0) is 26.8 Å². The highest BCUT2D eigenvalue weighted by Crippen LogP contribution is 2.24. The lowest BCUT2D eigenvalue weighted by Gasteiger charge is -2.41. The Morgan fingerprint density at radius 2 is 1.87 bits per heavy atom. The summed E-state index contributed by atoms with van der Waals surface area (Å²) in [5.41, 5.74) is -0.677. The van der Waals surface area contributed by atoms with Crippen molar-refractivity contribution in [3.8, 4) is 0 Å². The Hall–Kier alpha value is -2.00. The molecule has 0 saturated carbocycles. The predicted octanol–water partition coefficient (Wildman–Crippen LogP) is 1.23. The summed E-state index contributed by atoms with van der Waals surface area (Å²) < 4.78 is 26.3. The molecule has 1 heterocycles. The molecule has 0 aliphatic carbocycles. The molecule has 0 spiro atoms. The van der Waals surface area contributed by atoms with Crippen molar-refractivity contribution in [2.45, 2.75) is 31.2 Å². The number of non-ortho nitro benzene ring substituents is 1. The number of sulfonamides is 1. The van der Waals surface area contributed by atoms with Gasteiger partial charge >= 0.3 is 0 Å². The molecule has 1 amide bonds. The number of nitro groups is 1. The maximum Gasteiger partial charge on any atom is 0.270 e. The van der Waals surface area contributed by atoms with E-state index < -0.39 is 14.9 Å². The van der Waals surface area contributed by atoms with Crippen LogP contribution in [0.2, 0.25) is 0 Å². The van der Waals surface area contributed by atoms with Gasteiger partial charge in [0.25, 0.3) is 5.69 Å². The summed E-state index contributed by atoms with van der Waals surface area (Å²) in [4.78, 5) is 23.8. The minimum atomic E-state index is -3.94. The first-order valence-electron chi connectivity index (χ1n) is 7.08. The molecular formula is C14H19N3O5S. The van der Waals surface area contributed by atoms with Crippen LogP contribution in [0.4, 0.5) is 5.69 Å². The summed E-state index contributed by atoms with van der Waals surface area (Å²) in [6, 6.07) is 4.85. The molecule has 1 aliphatic heterocycles. The lowest BCUT2D eigenvalue weighted by molar-refractivity contribution is -0.385. The van der Waals surface area contributed by atoms with Gasteiger partial charge in [0.1, 0.15) is 0 Å². The van der Waals surface area contributed by atoms with E-state index in [2.05, 4.69) is 0 Å². The fraction of sp³-hybridized carbons (Fsp3) is 0.500. The molecule has 0 bridgehead atoms. The van der Waals surface area contributed by atoms with Gasteiger partial charge in [0.05, 0.1) is 16.4 Å². The van der Waals surface area contributed by atoms with E-state index in [1.807, 2.05) is 20.8 Å². The van der Waals surface area contributed by atoms with Crippen LogP contribution in [0.15, 0.2) is 29.2 Å². The highest BCUT2D eigenvalue weighted by molar-refractivity contribution is 7.89. The van der Waals surface area contributed by atoms with Gasteiger partial charge in [0, 0.05) is 30.8 Å². The number of piperazine rings is 1. The minimum Gasteiger partial charge on any atom is -0.335 e. The second kappa shape index (κ2) is 5.89. The van der Waals surface area contributed by atoms with Crippen molar-refractivity contribution >= 4 is 21.6 Å². The molecule has 0 radical (unpaired) electrons. The van der Waals surface area contributed by atoms with Crippen LogP contribution in [0.3, 0.4) is 0 Å². The van der Waals surface area contributed by atoms with Gasteiger partial charge in [-0.15, -0.1) is 0 Å². The molecule has 1 aliphatic rings. The van der Waals surface area contributed by atoms with Gasteiger partial charge in [-0.1, -0.05) is 6.07 Å². The van der Waals surface area contributed by atoms with E-state index in [0.717, 1.165) is 10.4 Å². The monoisotopic (exact) mass is 341 g/mol. The number of hydrogen-bond donors (Lipinski definition) is 0. The lowest BCUT2D eigenvalue weighted by Crippen LogP contribution is -2.57. The molecule has 0 atom stereocenters. The van der Waals surface area contributed by atoms with Crippen molar-refractivity contribution in [3.05, 3.63) is 34.4 Å². The van der Waals surface area contributed by atoms with Gasteiger partial charge < -0.3 is 4.90 Å². The maximum absolute atomic E-state index is 12.6. The number of nitrogens with zero attached hydrogens (tertiary/aromatic N) is 3. The Balaban J connectivity index is 2.27. The Morgan fingerprint density at radius 1 is 1.22 bits per heavy atom. The highest BCUT2D eigenvalue weighted by atomic mass is 32.2. The molecular weight excluding hydrogens is 322 g/mol. The molecule has 1 aromatic carbocycles. The average Bonchev–Trinajstić information content (AvgIpc) is 2.45. The van der Waals surface area contributed by atoms with Crippen LogP contribution in [0.25, 0.3) is 0 Å². The summed E-state index contributed by atoms with van der Waals surface area (Å²) >= 11 is 0. The van der Waals surface area contributed by atoms with Gasteiger partial charge in [-0.3, -0.25) is 14.9 Å². The molecule has 1 aromatic rings. The predicted molar refractivity (Wildman–Crippen MR) is 83.3 cm³/mol. The fourth-order valence-electron chi connectivity index (χ4n) is 2.47. The SMILES string of the molecule is CC(C)(C)N1CCN(S(=O)(=O)c2cccc([N+](=O)[O-])c2)CC1=O. The van der Waals surface area contributed by atoms with E-state index in [1.165, 1.54) is 18.2 Å². The Bertz CT molecular complexity index is 739. The summed E-state index contributed by atoms with van der Waals surface area (Å²) in [5, 5.41) is 10.8. The molecule has 0 aromatic heterocycles. The Labute approximate surface area is 134 Å². The third-order valence-corrected chi connectivity index (χ3v) is 5.50. The quantitative estimate of drug-likeness (QED) is 0.608. The lowest BCUT2D eigenvalue weighted by atomic mass is 10.1. The average molecular weight is 341 g/mol. The number of nitro benzene ring substituents is 1. The van der Waals surface area contributed by atoms with Gasteiger partial charge in [-0.25, -0.2) is 8.42 Å². The smallest absolute Gasteiger partial charge is 0.270 e. The van der Waals surface area contributed by atoms with Crippen molar-refractivity contribution in [1.82, 2.24) is 9.21 Å². The van der Waals surface area contributed by atoms with Crippen LogP contribution in [-0.4, -0.2) is 53.6 Å². The molecule has 2 rings (SSSR count). The van der Waals surface area contributed by atoms with Crippen molar-refractivity contribution in [2.24, 2.45) is 0 Å². The Kier molecular flexibility index (Phi) is 4.45. The van der Waals surface area contributed by atoms with E-state index in [0.29, 0.717) is 0 Å². The van der Waals surface area contributed by atoms with E-state index in [1.54, 1.807) is 4.90 Å². The van der Waals surface area contributed by atoms with Crippen LogP contribution in [0, 0.1) is 10.1 Å². The molecule has 1 saturated heterocycles. The third-order valence-electron chi connectivity index (χ3n) is 3.66. The summed E-state index contributed by atoms with van der Waals surface area (Å²) in [6.45, 7) is 5.84. The van der Waals surface area contributed by atoms with Crippen molar-refractivity contribution < 1.29 is 18.1 Å². The summed E-state index contributed by atoms with van der Waals surface area (Å²) in [7, 11) is -3.94. The van der Waals surface area contributed by atoms with E-state index in [9.17, 15) is 23.3 Å². The number of carbonyl (C=O) groups is 1. The molecule has 126 valence electrons. The van der Waals surface area contributed by atoms with Crippen LogP contribution >= 0.6 is 0 Å².